The standard InChI is InChI=1S/C17H18ClN3/c1-2-9-21-10-7-13(12-21)11-20-16-6-5-15(18)17-14(16)4-3-8-19-17/h3-8,10,12,20H,2,9,11H2,1H3. The first kappa shape index (κ1) is 14.0. The van der Waals surface area contributed by atoms with Gasteiger partial charge in [0.05, 0.1) is 10.5 Å². The van der Waals surface area contributed by atoms with E-state index in [2.05, 4.69) is 40.3 Å². The van der Waals surface area contributed by atoms with Crippen LogP contribution in [0, 0.1) is 0 Å². The summed E-state index contributed by atoms with van der Waals surface area (Å²) in [5, 5.41) is 5.21. The molecule has 3 nitrogen and oxygen atoms in total. The van der Waals surface area contributed by atoms with E-state index in [1.54, 1.807) is 6.20 Å². The number of hydrogen-bond donors (Lipinski definition) is 1. The molecule has 0 aliphatic heterocycles. The van der Waals surface area contributed by atoms with Gasteiger partial charge in [0.15, 0.2) is 0 Å². The zero-order valence-corrected chi connectivity index (χ0v) is 12.8. The smallest absolute Gasteiger partial charge is 0.0908 e. The molecule has 0 fully saturated rings. The van der Waals surface area contributed by atoms with Gasteiger partial charge in [-0.05, 0) is 42.3 Å². The third kappa shape index (κ3) is 3.03. The second-order valence-electron chi connectivity index (χ2n) is 5.11. The van der Waals surface area contributed by atoms with Crippen LogP contribution < -0.4 is 5.32 Å². The summed E-state index contributed by atoms with van der Waals surface area (Å²) in [6.07, 6.45) is 7.23. The van der Waals surface area contributed by atoms with E-state index in [1.807, 2.05) is 24.3 Å². The van der Waals surface area contributed by atoms with Crippen molar-refractivity contribution in [2.75, 3.05) is 5.32 Å². The first-order valence-corrected chi connectivity index (χ1v) is 7.57. The van der Waals surface area contributed by atoms with E-state index in [0.29, 0.717) is 5.02 Å². The van der Waals surface area contributed by atoms with Crippen molar-refractivity contribution < 1.29 is 0 Å². The van der Waals surface area contributed by atoms with Gasteiger partial charge in [-0.3, -0.25) is 4.98 Å². The van der Waals surface area contributed by atoms with E-state index in [-0.39, 0.29) is 0 Å². The maximum Gasteiger partial charge on any atom is 0.0908 e. The monoisotopic (exact) mass is 299 g/mol. The predicted octanol–water partition coefficient (Wildman–Crippen LogP) is 4.71. The SMILES string of the molecule is CCCn1ccc(CNc2ccc(Cl)c3ncccc23)c1. The molecule has 3 rings (SSSR count). The van der Waals surface area contributed by atoms with Gasteiger partial charge in [-0.25, -0.2) is 0 Å². The molecule has 3 aromatic rings. The van der Waals surface area contributed by atoms with E-state index >= 15 is 0 Å². The summed E-state index contributed by atoms with van der Waals surface area (Å²) in [4.78, 5) is 4.35. The van der Waals surface area contributed by atoms with Gasteiger partial charge in [0.25, 0.3) is 0 Å². The van der Waals surface area contributed by atoms with Crippen LogP contribution in [0.25, 0.3) is 10.9 Å². The van der Waals surface area contributed by atoms with Crippen molar-refractivity contribution in [3.8, 4) is 0 Å². The van der Waals surface area contributed by atoms with Gasteiger partial charge in [0, 0.05) is 42.8 Å². The summed E-state index contributed by atoms with van der Waals surface area (Å²) < 4.78 is 2.22. The largest absolute Gasteiger partial charge is 0.380 e. The van der Waals surface area contributed by atoms with Crippen molar-refractivity contribution in [1.82, 2.24) is 9.55 Å². The van der Waals surface area contributed by atoms with Crippen LogP contribution in [0.3, 0.4) is 0 Å². The number of fused-ring (bicyclic) bond motifs is 1. The first-order chi connectivity index (χ1) is 10.3. The lowest BCUT2D eigenvalue weighted by molar-refractivity contribution is 0.682. The molecule has 0 aliphatic rings. The minimum Gasteiger partial charge on any atom is -0.380 e. The number of nitrogens with zero attached hydrogens (tertiary/aromatic N) is 2. The van der Waals surface area contributed by atoms with Crippen molar-refractivity contribution in [3.05, 3.63) is 59.5 Å². The molecule has 21 heavy (non-hydrogen) atoms. The topological polar surface area (TPSA) is 29.9 Å². The average Bonchev–Trinajstić information content (AvgIpc) is 2.95. The molecule has 1 aromatic carbocycles. The van der Waals surface area contributed by atoms with Crippen LogP contribution in [0.15, 0.2) is 48.9 Å². The molecule has 0 spiro atoms. The Balaban J connectivity index is 1.80. The van der Waals surface area contributed by atoms with Gasteiger partial charge >= 0.3 is 0 Å². The lowest BCUT2D eigenvalue weighted by Crippen LogP contribution is -2.00. The van der Waals surface area contributed by atoms with Crippen LogP contribution in [0.5, 0.6) is 0 Å². The van der Waals surface area contributed by atoms with E-state index in [4.69, 9.17) is 11.6 Å². The molecule has 0 bridgehead atoms. The highest BCUT2D eigenvalue weighted by Crippen LogP contribution is 2.28. The number of rotatable bonds is 5. The molecule has 2 heterocycles. The Morgan fingerprint density at radius 3 is 3.00 bits per heavy atom. The molecule has 0 unspecified atom stereocenters. The molecule has 0 radical (unpaired) electrons. The molecule has 0 saturated carbocycles. The van der Waals surface area contributed by atoms with Crippen molar-refractivity contribution in [2.45, 2.75) is 26.4 Å². The van der Waals surface area contributed by atoms with Crippen LogP contribution in [-0.2, 0) is 13.1 Å². The van der Waals surface area contributed by atoms with Crippen LogP contribution in [0.4, 0.5) is 5.69 Å². The van der Waals surface area contributed by atoms with Crippen molar-refractivity contribution in [2.24, 2.45) is 0 Å². The fraction of sp³-hybridized carbons (Fsp3) is 0.235. The molecule has 4 heteroatoms. The Labute approximate surface area is 129 Å². The lowest BCUT2D eigenvalue weighted by Gasteiger charge is -2.09. The Kier molecular flexibility index (Phi) is 4.11. The van der Waals surface area contributed by atoms with Crippen molar-refractivity contribution in [1.29, 1.82) is 0 Å². The van der Waals surface area contributed by atoms with Gasteiger partial charge in [-0.15, -0.1) is 0 Å². The molecule has 1 N–H and O–H groups in total. The van der Waals surface area contributed by atoms with E-state index in [0.717, 1.165) is 36.1 Å². The summed E-state index contributed by atoms with van der Waals surface area (Å²) in [7, 11) is 0. The second-order valence-corrected chi connectivity index (χ2v) is 5.51. The number of halogens is 1. The van der Waals surface area contributed by atoms with E-state index < -0.39 is 0 Å². The fourth-order valence-corrected chi connectivity index (χ4v) is 2.70. The molecule has 2 aromatic heterocycles. The summed E-state index contributed by atoms with van der Waals surface area (Å²) in [5.74, 6) is 0. The molecule has 108 valence electrons. The van der Waals surface area contributed by atoms with Crippen LogP contribution in [0.1, 0.15) is 18.9 Å². The summed E-state index contributed by atoms with van der Waals surface area (Å²) in [6.45, 7) is 4.04. The molecule has 0 amide bonds. The summed E-state index contributed by atoms with van der Waals surface area (Å²) in [5.41, 5.74) is 3.17. The Hall–Kier alpha value is -2.00. The van der Waals surface area contributed by atoms with Gasteiger partial charge in [0.1, 0.15) is 0 Å². The number of hydrogen-bond acceptors (Lipinski definition) is 2. The van der Waals surface area contributed by atoms with Crippen LogP contribution in [-0.4, -0.2) is 9.55 Å². The fourth-order valence-electron chi connectivity index (χ4n) is 2.48. The number of benzene rings is 1. The maximum absolute atomic E-state index is 6.19. The molecule has 0 aliphatic carbocycles. The number of anilines is 1. The molecular weight excluding hydrogens is 282 g/mol. The Morgan fingerprint density at radius 1 is 1.24 bits per heavy atom. The molecule has 0 saturated heterocycles. The zero-order valence-electron chi connectivity index (χ0n) is 12.0. The van der Waals surface area contributed by atoms with Gasteiger partial charge in [0.2, 0.25) is 0 Å². The van der Waals surface area contributed by atoms with Crippen LogP contribution in [0.2, 0.25) is 5.02 Å². The number of pyridine rings is 1. The Morgan fingerprint density at radius 2 is 2.14 bits per heavy atom. The van der Waals surface area contributed by atoms with Gasteiger partial charge < -0.3 is 9.88 Å². The Bertz CT molecular complexity index is 749. The lowest BCUT2D eigenvalue weighted by atomic mass is 10.1. The maximum atomic E-state index is 6.19. The highest BCUT2D eigenvalue weighted by molar-refractivity contribution is 6.35. The van der Waals surface area contributed by atoms with Crippen molar-refractivity contribution >= 4 is 28.2 Å². The molecule has 0 atom stereocenters. The van der Waals surface area contributed by atoms with Crippen molar-refractivity contribution in [3.63, 3.8) is 0 Å². The number of aromatic nitrogens is 2. The third-order valence-corrected chi connectivity index (χ3v) is 3.80. The average molecular weight is 300 g/mol. The van der Waals surface area contributed by atoms with E-state index in [1.165, 1.54) is 5.56 Å². The quantitative estimate of drug-likeness (QED) is 0.739. The van der Waals surface area contributed by atoms with Gasteiger partial charge in [-0.1, -0.05) is 18.5 Å². The first-order valence-electron chi connectivity index (χ1n) is 7.19. The third-order valence-electron chi connectivity index (χ3n) is 3.50. The zero-order chi connectivity index (χ0) is 14.7. The number of aryl methyl sites for hydroxylation is 1. The minimum absolute atomic E-state index is 0.685. The number of nitrogens with one attached hydrogen (secondary N) is 1. The van der Waals surface area contributed by atoms with Gasteiger partial charge in [-0.2, -0.15) is 0 Å². The summed E-state index contributed by atoms with van der Waals surface area (Å²) >= 11 is 6.19. The van der Waals surface area contributed by atoms with Crippen LogP contribution >= 0.6 is 11.6 Å². The second kappa shape index (κ2) is 6.19. The minimum atomic E-state index is 0.685. The normalized spacial score (nSPS) is 11.0. The summed E-state index contributed by atoms with van der Waals surface area (Å²) in [6, 6.07) is 10.0. The molecular formula is C17H18ClN3. The predicted molar refractivity (Wildman–Crippen MR) is 88.8 cm³/mol. The highest BCUT2D eigenvalue weighted by atomic mass is 35.5. The van der Waals surface area contributed by atoms with E-state index in [9.17, 15) is 0 Å². The highest BCUT2D eigenvalue weighted by Gasteiger charge is 2.05.